The van der Waals surface area contributed by atoms with Crippen LogP contribution in [0.4, 0.5) is 0 Å². The summed E-state index contributed by atoms with van der Waals surface area (Å²) < 4.78 is 2.05. The van der Waals surface area contributed by atoms with Gasteiger partial charge in [-0.15, -0.1) is 0 Å². The molecule has 2 fully saturated rings. The van der Waals surface area contributed by atoms with E-state index in [1.54, 1.807) is 21.6 Å². The average Bonchev–Trinajstić information content (AvgIpc) is 2.63. The van der Waals surface area contributed by atoms with Gasteiger partial charge in [-0.25, -0.2) is 0 Å². The Labute approximate surface area is 167 Å². The van der Waals surface area contributed by atoms with E-state index in [1.165, 1.54) is 64.2 Å². The molecule has 0 heterocycles. The van der Waals surface area contributed by atoms with Crippen LogP contribution in [0.25, 0.3) is 0 Å². The van der Waals surface area contributed by atoms with Gasteiger partial charge in [0.15, 0.2) is 0 Å². The van der Waals surface area contributed by atoms with E-state index in [0.717, 1.165) is 21.7 Å². The molecule has 0 aromatic carbocycles. The molecule has 0 saturated heterocycles. The first-order chi connectivity index (χ1) is 11.7. The molecule has 138 valence electrons. The Morgan fingerprint density at radius 3 is 1.33 bits per heavy atom. The van der Waals surface area contributed by atoms with Gasteiger partial charge in [0.2, 0.25) is 0 Å². The Morgan fingerprint density at radius 2 is 1.04 bits per heavy atom. The van der Waals surface area contributed by atoms with Crippen LogP contribution in [0.1, 0.15) is 78.1 Å². The molecule has 0 aromatic heterocycles. The molecule has 0 amide bonds. The SMILES string of the molecule is CCN(C(=S)SSC(=S)N(CC)C1CCCCC1)C1CCCCC1. The average molecular weight is 405 g/mol. The summed E-state index contributed by atoms with van der Waals surface area (Å²) in [6.07, 6.45) is 13.4. The summed E-state index contributed by atoms with van der Waals surface area (Å²) >= 11 is 11.5. The van der Waals surface area contributed by atoms with Crippen LogP contribution >= 0.6 is 46.0 Å². The van der Waals surface area contributed by atoms with Gasteiger partial charge >= 0.3 is 0 Å². The highest BCUT2D eigenvalue weighted by atomic mass is 33.1. The Bertz CT molecular complexity index is 366. The van der Waals surface area contributed by atoms with Crippen molar-refractivity contribution in [2.24, 2.45) is 0 Å². The van der Waals surface area contributed by atoms with Crippen molar-refractivity contribution >= 4 is 54.7 Å². The van der Waals surface area contributed by atoms with Crippen LogP contribution in [0.3, 0.4) is 0 Å². The van der Waals surface area contributed by atoms with Crippen molar-refractivity contribution in [3.63, 3.8) is 0 Å². The first-order valence-corrected chi connectivity index (χ1v) is 12.6. The van der Waals surface area contributed by atoms with Gasteiger partial charge in [-0.2, -0.15) is 0 Å². The first kappa shape index (κ1) is 20.8. The van der Waals surface area contributed by atoms with E-state index in [4.69, 9.17) is 24.4 Å². The van der Waals surface area contributed by atoms with Crippen molar-refractivity contribution in [1.82, 2.24) is 9.80 Å². The lowest BCUT2D eigenvalue weighted by Crippen LogP contribution is -2.40. The minimum absolute atomic E-state index is 0.651. The second kappa shape index (κ2) is 11.2. The lowest BCUT2D eigenvalue weighted by atomic mass is 9.94. The van der Waals surface area contributed by atoms with Crippen molar-refractivity contribution < 1.29 is 0 Å². The molecule has 2 aliphatic rings. The van der Waals surface area contributed by atoms with Crippen LogP contribution in [0.5, 0.6) is 0 Å². The third-order valence-corrected chi connectivity index (χ3v) is 9.00. The quantitative estimate of drug-likeness (QED) is 0.401. The van der Waals surface area contributed by atoms with Crippen LogP contribution in [0.2, 0.25) is 0 Å². The maximum atomic E-state index is 5.74. The molecule has 0 spiro atoms. The highest BCUT2D eigenvalue weighted by Crippen LogP contribution is 2.34. The zero-order valence-electron chi connectivity index (χ0n) is 15.2. The predicted molar refractivity (Wildman–Crippen MR) is 119 cm³/mol. The number of rotatable bonds is 4. The topological polar surface area (TPSA) is 6.48 Å². The van der Waals surface area contributed by atoms with E-state index in [-0.39, 0.29) is 0 Å². The summed E-state index contributed by atoms with van der Waals surface area (Å²) in [6, 6.07) is 1.30. The normalized spacial score (nSPS) is 19.9. The Kier molecular flexibility index (Phi) is 9.74. The molecular weight excluding hydrogens is 372 g/mol. The van der Waals surface area contributed by atoms with Gasteiger partial charge in [-0.3, -0.25) is 0 Å². The summed E-state index contributed by atoms with van der Waals surface area (Å²) in [5.74, 6) is 0. The molecule has 2 rings (SSSR count). The molecule has 6 heteroatoms. The van der Waals surface area contributed by atoms with Gasteiger partial charge in [-0.1, -0.05) is 63.0 Å². The minimum atomic E-state index is 0.651. The summed E-state index contributed by atoms with van der Waals surface area (Å²) in [6.45, 7) is 6.49. The van der Waals surface area contributed by atoms with Crippen molar-refractivity contribution in [3.8, 4) is 0 Å². The molecule has 0 aromatic rings. The molecule has 24 heavy (non-hydrogen) atoms. The fraction of sp³-hybridized carbons (Fsp3) is 0.889. The molecule has 0 atom stereocenters. The Morgan fingerprint density at radius 1 is 0.708 bits per heavy atom. The molecule has 0 N–H and O–H groups in total. The Hall–Kier alpha value is 0.480. The first-order valence-electron chi connectivity index (χ1n) is 9.63. The third-order valence-electron chi connectivity index (χ3n) is 5.37. The van der Waals surface area contributed by atoms with E-state index < -0.39 is 0 Å². The highest BCUT2D eigenvalue weighted by Gasteiger charge is 2.25. The second-order valence-corrected chi connectivity index (χ2v) is 10.3. The fourth-order valence-corrected chi connectivity index (χ4v) is 7.09. The van der Waals surface area contributed by atoms with E-state index in [1.807, 2.05) is 0 Å². The fourth-order valence-electron chi connectivity index (χ4n) is 4.03. The number of thiocarbonyl (C=S) groups is 2. The monoisotopic (exact) mass is 404 g/mol. The smallest absolute Gasteiger partial charge is 0.147 e. The summed E-state index contributed by atoms with van der Waals surface area (Å²) in [4.78, 5) is 4.87. The third kappa shape index (κ3) is 6.03. The number of hydrogen-bond donors (Lipinski definition) is 0. The van der Waals surface area contributed by atoms with E-state index in [9.17, 15) is 0 Å². The molecule has 0 aliphatic heterocycles. The van der Waals surface area contributed by atoms with E-state index in [2.05, 4.69) is 23.6 Å². The van der Waals surface area contributed by atoms with Crippen molar-refractivity contribution in [1.29, 1.82) is 0 Å². The molecular formula is C18H32N2S4. The molecule has 2 nitrogen and oxygen atoms in total. The molecule has 2 saturated carbocycles. The lowest BCUT2D eigenvalue weighted by Gasteiger charge is -2.36. The second-order valence-electron chi connectivity index (χ2n) is 6.85. The van der Waals surface area contributed by atoms with Crippen molar-refractivity contribution in [2.75, 3.05) is 13.1 Å². The van der Waals surface area contributed by atoms with Crippen LogP contribution in [-0.4, -0.2) is 43.6 Å². The molecule has 0 bridgehead atoms. The van der Waals surface area contributed by atoms with Crippen LogP contribution in [0.15, 0.2) is 0 Å². The van der Waals surface area contributed by atoms with E-state index in [0.29, 0.717) is 12.1 Å². The number of nitrogens with zero attached hydrogens (tertiary/aromatic N) is 2. The summed E-state index contributed by atoms with van der Waals surface area (Å²) in [5, 5.41) is 0. The standard InChI is InChI=1S/C18H32N2S4/c1-3-19(15-11-7-5-8-12-15)17(21)23-24-18(22)20(4-2)16-13-9-6-10-14-16/h15-16H,3-14H2,1-2H3. The maximum absolute atomic E-state index is 5.74. The van der Waals surface area contributed by atoms with Gasteiger partial charge in [0.1, 0.15) is 8.64 Å². The van der Waals surface area contributed by atoms with Gasteiger partial charge < -0.3 is 9.80 Å². The Balaban J connectivity index is 1.82. The molecule has 0 radical (unpaired) electrons. The summed E-state index contributed by atoms with van der Waals surface area (Å²) in [5.41, 5.74) is 0. The highest BCUT2D eigenvalue weighted by molar-refractivity contribution is 8.89. The maximum Gasteiger partial charge on any atom is 0.147 e. The van der Waals surface area contributed by atoms with Crippen LogP contribution < -0.4 is 0 Å². The van der Waals surface area contributed by atoms with Crippen LogP contribution in [0, 0.1) is 0 Å². The van der Waals surface area contributed by atoms with Crippen LogP contribution in [-0.2, 0) is 0 Å². The van der Waals surface area contributed by atoms with Gasteiger partial charge in [0.05, 0.1) is 0 Å². The van der Waals surface area contributed by atoms with Gasteiger partial charge in [0.25, 0.3) is 0 Å². The van der Waals surface area contributed by atoms with Gasteiger partial charge in [0, 0.05) is 25.2 Å². The zero-order chi connectivity index (χ0) is 17.4. The lowest BCUT2D eigenvalue weighted by molar-refractivity contribution is 0.259. The molecule has 0 unspecified atom stereocenters. The van der Waals surface area contributed by atoms with Crippen molar-refractivity contribution in [3.05, 3.63) is 0 Å². The molecule has 2 aliphatic carbocycles. The van der Waals surface area contributed by atoms with E-state index >= 15 is 0 Å². The largest absolute Gasteiger partial charge is 0.354 e. The predicted octanol–water partition coefficient (Wildman–Crippen LogP) is 6.25. The zero-order valence-corrected chi connectivity index (χ0v) is 18.4. The van der Waals surface area contributed by atoms with Crippen molar-refractivity contribution in [2.45, 2.75) is 90.1 Å². The summed E-state index contributed by atoms with van der Waals surface area (Å²) in [7, 11) is 3.42. The minimum Gasteiger partial charge on any atom is -0.354 e. The number of hydrogen-bond acceptors (Lipinski definition) is 4. The van der Waals surface area contributed by atoms with Gasteiger partial charge in [-0.05, 0) is 61.1 Å².